The highest BCUT2D eigenvalue weighted by atomic mass is 15.1. The molecule has 0 bridgehead atoms. The van der Waals surface area contributed by atoms with Crippen molar-refractivity contribution in [2.24, 2.45) is 0 Å². The number of rotatable bonds is 8. The third-order valence-electron chi connectivity index (χ3n) is 4.90. The summed E-state index contributed by atoms with van der Waals surface area (Å²) < 4.78 is 0. The summed E-state index contributed by atoms with van der Waals surface area (Å²) in [4.78, 5) is 32.5. The molecule has 3 aromatic heterocycles. The van der Waals surface area contributed by atoms with Gasteiger partial charge in [-0.25, -0.2) is 4.98 Å². The molecule has 0 aliphatic rings. The number of nitrogens with zero attached hydrogens (tertiary/aromatic N) is 7. The van der Waals surface area contributed by atoms with E-state index in [1.807, 2.05) is 24.3 Å². The van der Waals surface area contributed by atoms with E-state index in [0.29, 0.717) is 24.5 Å². The SMILES string of the molecule is Nc1nc(N)nc(CCCC(CCc2nc(N)nc(N)n2)c2nc3ccccc3[nH]2)n1. The fourth-order valence-electron chi connectivity index (χ4n) is 3.53. The van der Waals surface area contributed by atoms with Gasteiger partial charge in [-0.1, -0.05) is 12.1 Å². The Morgan fingerprint density at radius 3 is 1.87 bits per heavy atom. The van der Waals surface area contributed by atoms with E-state index in [4.69, 9.17) is 27.9 Å². The van der Waals surface area contributed by atoms with Gasteiger partial charge in [0.25, 0.3) is 0 Å². The van der Waals surface area contributed by atoms with E-state index in [1.165, 1.54) is 0 Å². The molecule has 0 spiro atoms. The first-order chi connectivity index (χ1) is 15.0. The number of anilines is 4. The number of nitrogens with two attached hydrogens (primary N) is 4. The van der Waals surface area contributed by atoms with Gasteiger partial charge in [-0.15, -0.1) is 0 Å². The maximum absolute atomic E-state index is 5.70. The summed E-state index contributed by atoms with van der Waals surface area (Å²) >= 11 is 0. The summed E-state index contributed by atoms with van der Waals surface area (Å²) in [6.07, 6.45) is 3.61. The molecule has 12 nitrogen and oxygen atoms in total. The molecule has 0 saturated heterocycles. The van der Waals surface area contributed by atoms with Gasteiger partial charge in [-0.3, -0.25) is 0 Å². The number of hydrogen-bond donors (Lipinski definition) is 5. The molecular formula is C19H24N12. The number of imidazole rings is 1. The maximum Gasteiger partial charge on any atom is 0.225 e. The molecule has 9 N–H and O–H groups in total. The van der Waals surface area contributed by atoms with Crippen LogP contribution >= 0.6 is 0 Å². The lowest BCUT2D eigenvalue weighted by atomic mass is 9.95. The minimum absolute atomic E-state index is 0.118. The summed E-state index contributed by atoms with van der Waals surface area (Å²) in [5.74, 6) is 2.66. The molecule has 160 valence electrons. The number of nitrogen functional groups attached to an aromatic ring is 4. The monoisotopic (exact) mass is 420 g/mol. The van der Waals surface area contributed by atoms with Crippen LogP contribution in [-0.4, -0.2) is 39.9 Å². The predicted molar refractivity (Wildman–Crippen MR) is 117 cm³/mol. The van der Waals surface area contributed by atoms with Gasteiger partial charge in [-0.05, 0) is 31.4 Å². The first-order valence-electron chi connectivity index (χ1n) is 9.92. The minimum Gasteiger partial charge on any atom is -0.368 e. The molecule has 1 unspecified atom stereocenters. The predicted octanol–water partition coefficient (Wildman–Crippen LogP) is 1.00. The summed E-state index contributed by atoms with van der Waals surface area (Å²) in [7, 11) is 0. The number of aryl methyl sites for hydroxylation is 2. The fraction of sp³-hybridized carbons (Fsp3) is 0.316. The summed E-state index contributed by atoms with van der Waals surface area (Å²) in [5, 5.41) is 0. The third kappa shape index (κ3) is 5.10. The lowest BCUT2D eigenvalue weighted by Crippen LogP contribution is -2.10. The number of benzene rings is 1. The second-order valence-electron chi connectivity index (χ2n) is 7.20. The van der Waals surface area contributed by atoms with Crippen molar-refractivity contribution in [3.63, 3.8) is 0 Å². The van der Waals surface area contributed by atoms with Crippen molar-refractivity contribution in [2.45, 2.75) is 38.0 Å². The van der Waals surface area contributed by atoms with Crippen LogP contribution in [0.4, 0.5) is 23.8 Å². The van der Waals surface area contributed by atoms with Gasteiger partial charge in [0.15, 0.2) is 0 Å². The quantitative estimate of drug-likeness (QED) is 0.271. The van der Waals surface area contributed by atoms with Crippen LogP contribution in [-0.2, 0) is 12.8 Å². The van der Waals surface area contributed by atoms with Gasteiger partial charge in [0, 0.05) is 18.8 Å². The van der Waals surface area contributed by atoms with Gasteiger partial charge in [0.05, 0.1) is 11.0 Å². The van der Waals surface area contributed by atoms with Crippen molar-refractivity contribution in [2.75, 3.05) is 22.9 Å². The second-order valence-corrected chi connectivity index (χ2v) is 7.20. The van der Waals surface area contributed by atoms with Gasteiger partial charge in [-0.2, -0.15) is 29.9 Å². The number of H-pyrrole nitrogens is 1. The first kappa shape index (κ1) is 20.2. The van der Waals surface area contributed by atoms with Crippen LogP contribution in [0.2, 0.25) is 0 Å². The van der Waals surface area contributed by atoms with Gasteiger partial charge in [0.2, 0.25) is 23.8 Å². The van der Waals surface area contributed by atoms with Crippen molar-refractivity contribution in [3.8, 4) is 0 Å². The van der Waals surface area contributed by atoms with E-state index in [2.05, 4.69) is 34.9 Å². The van der Waals surface area contributed by atoms with Crippen molar-refractivity contribution in [3.05, 3.63) is 41.7 Å². The molecule has 12 heteroatoms. The molecule has 31 heavy (non-hydrogen) atoms. The van der Waals surface area contributed by atoms with Crippen molar-refractivity contribution in [1.29, 1.82) is 0 Å². The van der Waals surface area contributed by atoms with Crippen LogP contribution in [0.25, 0.3) is 11.0 Å². The first-order valence-corrected chi connectivity index (χ1v) is 9.92. The molecule has 0 fully saturated rings. The molecule has 0 aliphatic heterocycles. The lowest BCUT2D eigenvalue weighted by molar-refractivity contribution is 0.522. The van der Waals surface area contributed by atoms with Gasteiger partial charge < -0.3 is 27.9 Å². The molecule has 1 aromatic carbocycles. The topological polar surface area (TPSA) is 210 Å². The highest BCUT2D eigenvalue weighted by molar-refractivity contribution is 5.74. The highest BCUT2D eigenvalue weighted by Gasteiger charge is 2.18. The largest absolute Gasteiger partial charge is 0.368 e. The smallest absolute Gasteiger partial charge is 0.225 e. The van der Waals surface area contributed by atoms with Gasteiger partial charge >= 0.3 is 0 Å². The number of hydrogen-bond acceptors (Lipinski definition) is 11. The van der Waals surface area contributed by atoms with E-state index in [-0.39, 0.29) is 29.7 Å². The number of aromatic amines is 1. The Kier molecular flexibility index (Phi) is 5.69. The zero-order valence-corrected chi connectivity index (χ0v) is 16.9. The van der Waals surface area contributed by atoms with Crippen LogP contribution in [0.15, 0.2) is 24.3 Å². The maximum atomic E-state index is 5.70. The zero-order chi connectivity index (χ0) is 21.8. The normalized spacial score (nSPS) is 12.3. The van der Waals surface area contributed by atoms with Crippen LogP contribution < -0.4 is 22.9 Å². The fourth-order valence-corrected chi connectivity index (χ4v) is 3.53. The van der Waals surface area contributed by atoms with Crippen LogP contribution in [0.5, 0.6) is 0 Å². The Morgan fingerprint density at radius 1 is 0.677 bits per heavy atom. The highest BCUT2D eigenvalue weighted by Crippen LogP contribution is 2.27. The van der Waals surface area contributed by atoms with Crippen molar-refractivity contribution >= 4 is 34.8 Å². The van der Waals surface area contributed by atoms with Crippen LogP contribution in [0.3, 0.4) is 0 Å². The van der Waals surface area contributed by atoms with Crippen molar-refractivity contribution in [1.82, 2.24) is 39.9 Å². The Labute approximate surface area is 178 Å². The molecule has 4 aromatic rings. The zero-order valence-electron chi connectivity index (χ0n) is 16.9. The minimum atomic E-state index is 0.118. The van der Waals surface area contributed by atoms with Crippen LogP contribution in [0, 0.1) is 0 Å². The Morgan fingerprint density at radius 2 is 1.26 bits per heavy atom. The average molecular weight is 420 g/mol. The second kappa shape index (κ2) is 8.73. The standard InChI is InChI=1S/C19H24N12/c20-16-26-13(27-17(21)30-16)7-3-4-10(8-9-14-28-18(22)31-19(23)29-14)15-24-11-5-1-2-6-12(11)25-15/h1-2,5-6,10H,3-4,7-9H2,(H,24,25)(H4,20,21,26,27,30)(H4,22,23,28,29,31). The Bertz CT molecular complexity index is 1110. The van der Waals surface area contributed by atoms with Gasteiger partial charge in [0.1, 0.15) is 17.5 Å². The third-order valence-corrected chi connectivity index (χ3v) is 4.90. The molecular weight excluding hydrogens is 396 g/mol. The van der Waals surface area contributed by atoms with Crippen molar-refractivity contribution < 1.29 is 0 Å². The number of para-hydroxylation sites is 2. The summed E-state index contributed by atoms with van der Waals surface area (Å²) in [6, 6.07) is 7.93. The van der Waals surface area contributed by atoms with E-state index in [0.717, 1.165) is 36.1 Å². The van der Waals surface area contributed by atoms with E-state index in [9.17, 15) is 0 Å². The van der Waals surface area contributed by atoms with E-state index in [1.54, 1.807) is 0 Å². The Hall–Kier alpha value is -4.09. The molecule has 4 rings (SSSR count). The average Bonchev–Trinajstić information content (AvgIpc) is 3.13. The summed E-state index contributed by atoms with van der Waals surface area (Å²) in [6.45, 7) is 0. The molecule has 0 amide bonds. The lowest BCUT2D eigenvalue weighted by Gasteiger charge is -2.14. The summed E-state index contributed by atoms with van der Waals surface area (Å²) in [5.41, 5.74) is 24.6. The number of fused-ring (bicyclic) bond motifs is 1. The molecule has 3 heterocycles. The van der Waals surface area contributed by atoms with Crippen LogP contribution in [0.1, 0.15) is 42.7 Å². The van der Waals surface area contributed by atoms with E-state index < -0.39 is 0 Å². The van der Waals surface area contributed by atoms with E-state index >= 15 is 0 Å². The molecule has 1 atom stereocenters. The molecule has 0 aliphatic carbocycles. The molecule has 0 radical (unpaired) electrons. The molecule has 0 saturated carbocycles. The number of nitrogens with one attached hydrogen (secondary N) is 1. The Balaban J connectivity index is 1.50. The number of aromatic nitrogens is 8.